The molecule has 68 valence electrons. The number of hydrogen-bond acceptors (Lipinski definition) is 3. The van der Waals surface area contributed by atoms with E-state index in [0.717, 1.165) is 12.2 Å². The first-order valence-corrected chi connectivity index (χ1v) is 4.17. The lowest BCUT2D eigenvalue weighted by molar-refractivity contribution is 0.161. The topological polar surface area (TPSA) is 64.1 Å². The zero-order valence-corrected chi connectivity index (χ0v) is 7.27. The van der Waals surface area contributed by atoms with E-state index < -0.39 is 6.10 Å². The van der Waals surface area contributed by atoms with Gasteiger partial charge in [-0.15, -0.1) is 0 Å². The second-order valence-corrected chi connectivity index (χ2v) is 2.70. The molecular weight excluding hydrogens is 154 g/mol. The van der Waals surface area contributed by atoms with Gasteiger partial charge < -0.3 is 15.4 Å². The van der Waals surface area contributed by atoms with E-state index in [1.807, 2.05) is 11.5 Å². The molecule has 0 radical (unpaired) electrons. The standard InChI is InChI=1S/C8H15N3O/c1-2-11-6-10-5-7(11)8(12)3-4-9/h5-6,8,12H,2-4,9H2,1H3/t8-/m1/s1. The molecule has 0 unspecified atom stereocenters. The van der Waals surface area contributed by atoms with Crippen LogP contribution in [0.15, 0.2) is 12.5 Å². The van der Waals surface area contributed by atoms with Crippen molar-refractivity contribution in [1.29, 1.82) is 0 Å². The summed E-state index contributed by atoms with van der Waals surface area (Å²) in [4.78, 5) is 3.96. The predicted molar refractivity (Wildman–Crippen MR) is 46.5 cm³/mol. The molecule has 1 atom stereocenters. The molecule has 0 aliphatic carbocycles. The molecular formula is C8H15N3O. The molecule has 0 aliphatic heterocycles. The molecule has 4 nitrogen and oxygen atoms in total. The number of aliphatic hydroxyl groups is 1. The Morgan fingerprint density at radius 1 is 1.75 bits per heavy atom. The quantitative estimate of drug-likeness (QED) is 0.680. The summed E-state index contributed by atoms with van der Waals surface area (Å²) in [6.07, 6.45) is 3.52. The van der Waals surface area contributed by atoms with Gasteiger partial charge in [0, 0.05) is 6.54 Å². The van der Waals surface area contributed by atoms with Crippen LogP contribution in [-0.4, -0.2) is 21.2 Å². The Hall–Kier alpha value is -0.870. The molecule has 0 fully saturated rings. The minimum Gasteiger partial charge on any atom is -0.387 e. The molecule has 1 heterocycles. The monoisotopic (exact) mass is 169 g/mol. The second-order valence-electron chi connectivity index (χ2n) is 2.70. The summed E-state index contributed by atoms with van der Waals surface area (Å²) >= 11 is 0. The van der Waals surface area contributed by atoms with E-state index in [1.165, 1.54) is 0 Å². The highest BCUT2D eigenvalue weighted by Gasteiger charge is 2.10. The van der Waals surface area contributed by atoms with Crippen molar-refractivity contribution in [3.05, 3.63) is 18.2 Å². The third-order valence-electron chi connectivity index (χ3n) is 1.87. The molecule has 0 amide bonds. The molecule has 1 rings (SSSR count). The van der Waals surface area contributed by atoms with Crippen molar-refractivity contribution in [3.63, 3.8) is 0 Å². The van der Waals surface area contributed by atoms with Crippen LogP contribution in [0.2, 0.25) is 0 Å². The van der Waals surface area contributed by atoms with Crippen LogP contribution in [-0.2, 0) is 6.54 Å². The van der Waals surface area contributed by atoms with Gasteiger partial charge in [0.2, 0.25) is 0 Å². The molecule has 0 aromatic carbocycles. The van der Waals surface area contributed by atoms with Gasteiger partial charge in [-0.1, -0.05) is 0 Å². The fraction of sp³-hybridized carbons (Fsp3) is 0.625. The Labute approximate surface area is 72.0 Å². The van der Waals surface area contributed by atoms with E-state index in [0.29, 0.717) is 13.0 Å². The Balaban J connectivity index is 2.71. The SMILES string of the molecule is CCn1cncc1[C@H](O)CCN. The maximum absolute atomic E-state index is 9.58. The number of aliphatic hydroxyl groups excluding tert-OH is 1. The van der Waals surface area contributed by atoms with Crippen LogP contribution in [0.3, 0.4) is 0 Å². The van der Waals surface area contributed by atoms with Gasteiger partial charge in [0.25, 0.3) is 0 Å². The molecule has 0 spiro atoms. The highest BCUT2D eigenvalue weighted by Crippen LogP contribution is 2.14. The van der Waals surface area contributed by atoms with E-state index in [2.05, 4.69) is 4.98 Å². The van der Waals surface area contributed by atoms with Crippen LogP contribution in [0.1, 0.15) is 25.1 Å². The van der Waals surface area contributed by atoms with Crippen LogP contribution < -0.4 is 5.73 Å². The molecule has 1 aromatic rings. The zero-order valence-electron chi connectivity index (χ0n) is 7.27. The van der Waals surface area contributed by atoms with E-state index in [-0.39, 0.29) is 0 Å². The van der Waals surface area contributed by atoms with E-state index in [9.17, 15) is 5.11 Å². The van der Waals surface area contributed by atoms with Gasteiger partial charge in [-0.25, -0.2) is 4.98 Å². The van der Waals surface area contributed by atoms with Gasteiger partial charge in [-0.05, 0) is 19.9 Å². The maximum atomic E-state index is 9.58. The number of aromatic nitrogens is 2. The predicted octanol–water partition coefficient (Wildman–Crippen LogP) is 0.285. The first kappa shape index (κ1) is 9.22. The van der Waals surface area contributed by atoms with Gasteiger partial charge in [0.05, 0.1) is 24.3 Å². The van der Waals surface area contributed by atoms with Crippen molar-refractivity contribution in [1.82, 2.24) is 9.55 Å². The summed E-state index contributed by atoms with van der Waals surface area (Å²) in [5, 5.41) is 9.58. The molecule has 12 heavy (non-hydrogen) atoms. The van der Waals surface area contributed by atoms with E-state index >= 15 is 0 Å². The summed E-state index contributed by atoms with van der Waals surface area (Å²) in [7, 11) is 0. The fourth-order valence-electron chi connectivity index (χ4n) is 1.18. The van der Waals surface area contributed by atoms with Crippen LogP contribution >= 0.6 is 0 Å². The second kappa shape index (κ2) is 4.23. The fourth-order valence-corrected chi connectivity index (χ4v) is 1.18. The average molecular weight is 169 g/mol. The van der Waals surface area contributed by atoms with Crippen molar-refractivity contribution in [3.8, 4) is 0 Å². The van der Waals surface area contributed by atoms with Gasteiger partial charge in [0.1, 0.15) is 0 Å². The first-order valence-electron chi connectivity index (χ1n) is 4.17. The van der Waals surface area contributed by atoms with Gasteiger partial charge in [-0.2, -0.15) is 0 Å². The number of nitrogens with two attached hydrogens (primary N) is 1. The Morgan fingerprint density at radius 3 is 3.08 bits per heavy atom. The molecule has 0 saturated carbocycles. The number of rotatable bonds is 4. The summed E-state index contributed by atoms with van der Waals surface area (Å²) in [6, 6.07) is 0. The van der Waals surface area contributed by atoms with E-state index in [1.54, 1.807) is 12.5 Å². The van der Waals surface area contributed by atoms with Crippen LogP contribution in [0, 0.1) is 0 Å². The Morgan fingerprint density at radius 2 is 2.50 bits per heavy atom. The normalized spacial score (nSPS) is 13.2. The maximum Gasteiger partial charge on any atom is 0.0967 e. The van der Waals surface area contributed by atoms with E-state index in [4.69, 9.17) is 5.73 Å². The summed E-state index contributed by atoms with van der Waals surface area (Å²) in [6.45, 7) is 3.34. The average Bonchev–Trinajstić information content (AvgIpc) is 2.51. The van der Waals surface area contributed by atoms with Gasteiger partial charge in [-0.3, -0.25) is 0 Å². The van der Waals surface area contributed by atoms with Crippen LogP contribution in [0.5, 0.6) is 0 Å². The molecule has 1 aromatic heterocycles. The molecule has 4 heteroatoms. The summed E-state index contributed by atoms with van der Waals surface area (Å²) in [5.41, 5.74) is 6.19. The van der Waals surface area contributed by atoms with Crippen molar-refractivity contribution in [2.75, 3.05) is 6.54 Å². The molecule has 0 saturated heterocycles. The number of hydrogen-bond donors (Lipinski definition) is 2. The Kier molecular flexibility index (Phi) is 3.25. The third-order valence-corrected chi connectivity index (χ3v) is 1.87. The third kappa shape index (κ3) is 1.84. The minimum absolute atomic E-state index is 0.475. The van der Waals surface area contributed by atoms with Gasteiger partial charge >= 0.3 is 0 Å². The lowest BCUT2D eigenvalue weighted by atomic mass is 10.2. The number of aryl methyl sites for hydroxylation is 1. The van der Waals surface area contributed by atoms with Crippen molar-refractivity contribution < 1.29 is 5.11 Å². The molecule has 0 bridgehead atoms. The highest BCUT2D eigenvalue weighted by molar-refractivity contribution is 5.02. The minimum atomic E-state index is -0.475. The van der Waals surface area contributed by atoms with Gasteiger partial charge in [0.15, 0.2) is 0 Å². The molecule has 3 N–H and O–H groups in total. The lowest BCUT2D eigenvalue weighted by Gasteiger charge is -2.10. The van der Waals surface area contributed by atoms with Crippen molar-refractivity contribution in [2.24, 2.45) is 5.73 Å². The summed E-state index contributed by atoms with van der Waals surface area (Å²) in [5.74, 6) is 0. The largest absolute Gasteiger partial charge is 0.387 e. The smallest absolute Gasteiger partial charge is 0.0967 e. The van der Waals surface area contributed by atoms with Crippen molar-refractivity contribution in [2.45, 2.75) is 26.0 Å². The summed E-state index contributed by atoms with van der Waals surface area (Å²) < 4.78 is 1.92. The zero-order chi connectivity index (χ0) is 8.97. The van der Waals surface area contributed by atoms with Crippen LogP contribution in [0.4, 0.5) is 0 Å². The van der Waals surface area contributed by atoms with Crippen molar-refractivity contribution >= 4 is 0 Å². The Bertz CT molecular complexity index is 234. The number of nitrogens with zero attached hydrogens (tertiary/aromatic N) is 2. The van der Waals surface area contributed by atoms with Crippen LogP contribution in [0.25, 0.3) is 0 Å². The lowest BCUT2D eigenvalue weighted by Crippen LogP contribution is -2.10. The highest BCUT2D eigenvalue weighted by atomic mass is 16.3. The first-order chi connectivity index (χ1) is 5.79. The molecule has 0 aliphatic rings. The number of imidazole rings is 1.